The lowest BCUT2D eigenvalue weighted by Gasteiger charge is -2.19. The Morgan fingerprint density at radius 1 is 1.29 bits per heavy atom. The number of rotatable bonds is 4. The van der Waals surface area contributed by atoms with Crippen LogP contribution in [0.25, 0.3) is 0 Å². The fourth-order valence-electron chi connectivity index (χ4n) is 2.71. The Balaban J connectivity index is 1.80. The van der Waals surface area contributed by atoms with E-state index in [4.69, 9.17) is 0 Å². The summed E-state index contributed by atoms with van der Waals surface area (Å²) in [5.74, 6) is -1.76. The van der Waals surface area contributed by atoms with Gasteiger partial charge in [0.25, 0.3) is 0 Å². The van der Waals surface area contributed by atoms with Crippen molar-refractivity contribution in [2.75, 3.05) is 25.0 Å². The summed E-state index contributed by atoms with van der Waals surface area (Å²) < 4.78 is 12.8. The van der Waals surface area contributed by atoms with Crippen LogP contribution in [-0.4, -0.2) is 37.5 Å². The van der Waals surface area contributed by atoms with Crippen molar-refractivity contribution in [2.45, 2.75) is 25.8 Å². The molecule has 1 heterocycles. The van der Waals surface area contributed by atoms with E-state index in [0.717, 1.165) is 25.9 Å². The molecule has 1 saturated heterocycles. The Morgan fingerprint density at radius 3 is 2.67 bits per heavy atom. The molecule has 1 aromatic carbocycles. The van der Waals surface area contributed by atoms with Gasteiger partial charge in [0.05, 0.1) is 19.6 Å². The van der Waals surface area contributed by atoms with E-state index in [2.05, 4.69) is 17.6 Å². The topological polar surface area (TPSA) is 62.6 Å². The molecule has 114 valence electrons. The minimum atomic E-state index is -0.724. The highest BCUT2D eigenvalue weighted by molar-refractivity contribution is 6.39. The highest BCUT2D eigenvalue weighted by atomic mass is 19.1. The molecule has 0 spiro atoms. The molecule has 5 nitrogen and oxygen atoms in total. The van der Waals surface area contributed by atoms with E-state index in [1.807, 2.05) is 0 Å². The molecule has 2 atom stereocenters. The van der Waals surface area contributed by atoms with E-state index in [-0.39, 0.29) is 5.82 Å². The van der Waals surface area contributed by atoms with Crippen molar-refractivity contribution in [1.82, 2.24) is 5.32 Å². The van der Waals surface area contributed by atoms with Gasteiger partial charge in [-0.05, 0) is 31.2 Å². The molecule has 0 aliphatic carbocycles. The highest BCUT2D eigenvalue weighted by Crippen LogP contribution is 2.07. The third-order valence-electron chi connectivity index (χ3n) is 3.90. The first-order chi connectivity index (χ1) is 10.1. The largest absolute Gasteiger partial charge is 0.342 e. The van der Waals surface area contributed by atoms with Gasteiger partial charge >= 0.3 is 11.8 Å². The molecule has 3 N–H and O–H groups in total. The summed E-state index contributed by atoms with van der Waals surface area (Å²) in [5, 5.41) is 5.12. The lowest BCUT2D eigenvalue weighted by atomic mass is 10.2. The van der Waals surface area contributed by atoms with Crippen LogP contribution in [0.1, 0.15) is 19.8 Å². The molecule has 0 aromatic heterocycles. The Bertz CT molecular complexity index is 504. The van der Waals surface area contributed by atoms with Crippen LogP contribution in [0.5, 0.6) is 0 Å². The van der Waals surface area contributed by atoms with Crippen LogP contribution in [0.2, 0.25) is 0 Å². The van der Waals surface area contributed by atoms with Gasteiger partial charge in [-0.25, -0.2) is 4.39 Å². The maximum atomic E-state index is 12.8. The summed E-state index contributed by atoms with van der Waals surface area (Å²) in [4.78, 5) is 25.0. The van der Waals surface area contributed by atoms with Gasteiger partial charge in [-0.3, -0.25) is 9.59 Å². The van der Waals surface area contributed by atoms with Crippen LogP contribution in [0.3, 0.4) is 0 Å². The molecule has 6 heteroatoms. The minimum absolute atomic E-state index is 0.387. The maximum absolute atomic E-state index is 12.8. The summed E-state index contributed by atoms with van der Waals surface area (Å²) in [6.45, 7) is 4.79. The summed E-state index contributed by atoms with van der Waals surface area (Å²) in [6, 6.07) is 5.68. The lowest BCUT2D eigenvalue weighted by molar-refractivity contribution is -0.909. The smallest absolute Gasteiger partial charge is 0.313 e. The number of halogens is 1. The van der Waals surface area contributed by atoms with E-state index in [1.54, 1.807) is 0 Å². The van der Waals surface area contributed by atoms with Gasteiger partial charge in [-0.1, -0.05) is 0 Å². The quantitative estimate of drug-likeness (QED) is 0.682. The Labute approximate surface area is 123 Å². The van der Waals surface area contributed by atoms with Gasteiger partial charge in [-0.2, -0.15) is 0 Å². The van der Waals surface area contributed by atoms with E-state index in [0.29, 0.717) is 18.3 Å². The fourth-order valence-corrected chi connectivity index (χ4v) is 2.71. The summed E-state index contributed by atoms with van der Waals surface area (Å²) in [7, 11) is 0. The summed E-state index contributed by atoms with van der Waals surface area (Å²) in [6.07, 6.45) is 2.23. The first-order valence-electron chi connectivity index (χ1n) is 7.29. The third kappa shape index (κ3) is 4.26. The Morgan fingerprint density at radius 2 is 2.00 bits per heavy atom. The van der Waals surface area contributed by atoms with Crippen LogP contribution >= 0.6 is 0 Å². The summed E-state index contributed by atoms with van der Waals surface area (Å²) >= 11 is 0. The molecule has 0 radical (unpaired) electrons. The second-order valence-corrected chi connectivity index (χ2v) is 5.27. The van der Waals surface area contributed by atoms with Crippen molar-refractivity contribution in [3.05, 3.63) is 30.1 Å². The van der Waals surface area contributed by atoms with Gasteiger partial charge in [0.15, 0.2) is 0 Å². The van der Waals surface area contributed by atoms with Gasteiger partial charge in [0.1, 0.15) is 11.9 Å². The number of likely N-dealkylation sites (tertiary alicyclic amines) is 1. The summed E-state index contributed by atoms with van der Waals surface area (Å²) in [5.41, 5.74) is 0.401. The van der Waals surface area contributed by atoms with Crippen molar-refractivity contribution in [3.8, 4) is 0 Å². The van der Waals surface area contributed by atoms with Crippen LogP contribution in [-0.2, 0) is 9.59 Å². The first-order valence-corrected chi connectivity index (χ1v) is 7.29. The number of hydrogen-bond acceptors (Lipinski definition) is 2. The molecule has 21 heavy (non-hydrogen) atoms. The van der Waals surface area contributed by atoms with Crippen LogP contribution < -0.4 is 15.5 Å². The first kappa shape index (κ1) is 15.4. The predicted octanol–water partition coefficient (Wildman–Crippen LogP) is -0.0524. The molecular weight excluding hydrogens is 273 g/mol. The molecule has 1 aromatic rings. The SMILES string of the molecule is CC[NH+]1CCC[C@H]1CNC(=O)C(=O)Nc1ccc(F)cc1. The zero-order valence-corrected chi connectivity index (χ0v) is 12.1. The van der Waals surface area contributed by atoms with Gasteiger partial charge in [0.2, 0.25) is 0 Å². The number of hydrogen-bond donors (Lipinski definition) is 3. The van der Waals surface area contributed by atoms with Gasteiger partial charge in [0, 0.05) is 18.5 Å². The molecule has 0 saturated carbocycles. The molecule has 1 aliphatic rings. The van der Waals surface area contributed by atoms with Crippen molar-refractivity contribution >= 4 is 17.5 Å². The third-order valence-corrected chi connectivity index (χ3v) is 3.90. The van der Waals surface area contributed by atoms with Gasteiger partial charge < -0.3 is 15.5 Å². The second-order valence-electron chi connectivity index (χ2n) is 5.27. The molecule has 0 bridgehead atoms. The van der Waals surface area contributed by atoms with E-state index in [1.165, 1.54) is 29.2 Å². The number of carbonyl (C=O) groups excluding carboxylic acids is 2. The average Bonchev–Trinajstić information content (AvgIpc) is 2.94. The molecule has 1 fully saturated rings. The fraction of sp³-hybridized carbons (Fsp3) is 0.467. The maximum Gasteiger partial charge on any atom is 0.313 e. The zero-order chi connectivity index (χ0) is 15.2. The van der Waals surface area contributed by atoms with Crippen molar-refractivity contribution in [2.24, 2.45) is 0 Å². The van der Waals surface area contributed by atoms with Crippen LogP contribution in [0.4, 0.5) is 10.1 Å². The molecule has 2 amide bonds. The zero-order valence-electron chi connectivity index (χ0n) is 12.1. The number of benzene rings is 1. The Hall–Kier alpha value is -1.95. The van der Waals surface area contributed by atoms with Crippen LogP contribution in [0.15, 0.2) is 24.3 Å². The normalized spacial score (nSPS) is 21.0. The molecular formula is C15H21FN3O2+. The van der Waals surface area contributed by atoms with Crippen LogP contribution in [0, 0.1) is 5.82 Å². The van der Waals surface area contributed by atoms with E-state index >= 15 is 0 Å². The van der Waals surface area contributed by atoms with E-state index < -0.39 is 11.8 Å². The number of quaternary nitrogens is 1. The lowest BCUT2D eigenvalue weighted by Crippen LogP contribution is -3.14. The molecule has 2 rings (SSSR count). The predicted molar refractivity (Wildman–Crippen MR) is 77.4 cm³/mol. The van der Waals surface area contributed by atoms with Crippen molar-refractivity contribution in [3.63, 3.8) is 0 Å². The number of amides is 2. The average molecular weight is 294 g/mol. The number of likely N-dealkylation sites (N-methyl/N-ethyl adjacent to an activating group) is 1. The molecule has 1 aliphatic heterocycles. The number of anilines is 1. The van der Waals surface area contributed by atoms with Gasteiger partial charge in [-0.15, -0.1) is 0 Å². The van der Waals surface area contributed by atoms with Crippen molar-refractivity contribution < 1.29 is 18.9 Å². The number of nitrogens with one attached hydrogen (secondary N) is 3. The highest BCUT2D eigenvalue weighted by Gasteiger charge is 2.27. The minimum Gasteiger partial charge on any atom is -0.342 e. The van der Waals surface area contributed by atoms with Crippen molar-refractivity contribution in [1.29, 1.82) is 0 Å². The van der Waals surface area contributed by atoms with E-state index in [9.17, 15) is 14.0 Å². The molecule has 1 unspecified atom stereocenters. The second kappa shape index (κ2) is 7.17. The Kier molecular flexibility index (Phi) is 5.27. The number of carbonyl (C=O) groups is 2. The standard InChI is InChI=1S/C15H20FN3O2/c1-2-19-9-3-4-13(19)10-17-14(20)15(21)18-12-7-5-11(16)6-8-12/h5-8,13H,2-4,9-10H2,1H3,(H,17,20)(H,18,21)/p+1/t13-/m0/s1. The monoisotopic (exact) mass is 294 g/mol.